The Morgan fingerprint density at radius 3 is 2.58 bits per heavy atom. The van der Waals surface area contributed by atoms with Gasteiger partial charge in [0, 0.05) is 17.4 Å². The van der Waals surface area contributed by atoms with Crippen LogP contribution < -0.4 is 0 Å². The average molecular weight is 159 g/mol. The molecule has 0 aliphatic heterocycles. The zero-order valence-electron chi connectivity index (χ0n) is 7.76. The minimum Gasteiger partial charge on any atom is -0.321 e. The van der Waals surface area contributed by atoms with Gasteiger partial charge in [-0.3, -0.25) is 0 Å². The molecule has 0 amide bonds. The first kappa shape index (κ1) is 7.41. The summed E-state index contributed by atoms with van der Waals surface area (Å²) in [6, 6.07) is 6.54. The number of pyridine rings is 1. The molecule has 0 aliphatic carbocycles. The quantitative estimate of drug-likeness (QED) is 0.556. The maximum absolute atomic E-state index is 2.24. The third-order valence-corrected chi connectivity index (χ3v) is 2.30. The molecule has 0 unspecified atom stereocenters. The van der Waals surface area contributed by atoms with Crippen molar-refractivity contribution in [3.05, 3.63) is 41.2 Å². The van der Waals surface area contributed by atoms with Gasteiger partial charge in [-0.05, 0) is 44.0 Å². The van der Waals surface area contributed by atoms with E-state index in [4.69, 9.17) is 0 Å². The first-order valence-corrected chi connectivity index (χ1v) is 4.23. The first-order chi connectivity index (χ1) is 5.68. The minimum atomic E-state index is 1.30. The normalized spacial score (nSPS) is 10.9. The van der Waals surface area contributed by atoms with Crippen LogP contribution in [0, 0.1) is 20.8 Å². The number of nitrogens with zero attached hydrogens (tertiary/aromatic N) is 1. The van der Waals surface area contributed by atoms with Gasteiger partial charge in [-0.15, -0.1) is 0 Å². The van der Waals surface area contributed by atoms with Crippen LogP contribution in [0.5, 0.6) is 0 Å². The fourth-order valence-corrected chi connectivity index (χ4v) is 1.70. The molecule has 0 spiro atoms. The molecule has 0 saturated heterocycles. The lowest BCUT2D eigenvalue weighted by Gasteiger charge is -2.03. The van der Waals surface area contributed by atoms with Crippen molar-refractivity contribution >= 4 is 5.52 Å². The molecule has 2 heterocycles. The van der Waals surface area contributed by atoms with E-state index in [2.05, 4.69) is 49.6 Å². The van der Waals surface area contributed by atoms with Crippen LogP contribution in [-0.4, -0.2) is 4.40 Å². The van der Waals surface area contributed by atoms with Crippen molar-refractivity contribution in [1.82, 2.24) is 4.40 Å². The molecule has 0 aromatic carbocycles. The predicted molar refractivity (Wildman–Crippen MR) is 51.6 cm³/mol. The molecule has 2 aromatic rings. The molecule has 1 heteroatoms. The van der Waals surface area contributed by atoms with Gasteiger partial charge < -0.3 is 4.40 Å². The van der Waals surface area contributed by atoms with Gasteiger partial charge in [0.2, 0.25) is 0 Å². The van der Waals surface area contributed by atoms with Gasteiger partial charge in [-0.1, -0.05) is 6.07 Å². The fraction of sp³-hybridized carbons (Fsp3) is 0.273. The Hall–Kier alpha value is -1.24. The van der Waals surface area contributed by atoms with Crippen molar-refractivity contribution in [3.63, 3.8) is 0 Å². The molecule has 0 radical (unpaired) electrons. The van der Waals surface area contributed by atoms with Crippen LogP contribution in [-0.2, 0) is 0 Å². The Kier molecular flexibility index (Phi) is 1.47. The molecule has 2 aromatic heterocycles. The van der Waals surface area contributed by atoms with Crippen LogP contribution in [0.2, 0.25) is 0 Å². The highest BCUT2D eigenvalue weighted by molar-refractivity contribution is 5.57. The molecule has 0 fully saturated rings. The average Bonchev–Trinajstić information content (AvgIpc) is 2.33. The molecule has 12 heavy (non-hydrogen) atoms. The lowest BCUT2D eigenvalue weighted by molar-refractivity contribution is 1.08. The minimum absolute atomic E-state index is 1.30. The Morgan fingerprint density at radius 2 is 1.83 bits per heavy atom. The van der Waals surface area contributed by atoms with Gasteiger partial charge in [0.05, 0.1) is 0 Å². The number of rotatable bonds is 0. The first-order valence-electron chi connectivity index (χ1n) is 4.23. The van der Waals surface area contributed by atoms with E-state index in [1.165, 1.54) is 22.3 Å². The molecule has 0 N–H and O–H groups in total. The summed E-state index contributed by atoms with van der Waals surface area (Å²) in [6.45, 7) is 6.42. The van der Waals surface area contributed by atoms with Crippen LogP contribution in [0.25, 0.3) is 5.52 Å². The predicted octanol–water partition coefficient (Wildman–Crippen LogP) is 2.86. The largest absolute Gasteiger partial charge is 0.321 e. The Morgan fingerprint density at radius 1 is 1.08 bits per heavy atom. The summed E-state index contributed by atoms with van der Waals surface area (Å²) < 4.78 is 2.24. The van der Waals surface area contributed by atoms with Crippen LogP contribution in [0.15, 0.2) is 24.4 Å². The second-order valence-electron chi connectivity index (χ2n) is 3.43. The SMILES string of the molecule is Cc1cc(C)c2ccc(C)n2c1. The van der Waals surface area contributed by atoms with E-state index in [-0.39, 0.29) is 0 Å². The summed E-state index contributed by atoms with van der Waals surface area (Å²) in [5.74, 6) is 0. The van der Waals surface area contributed by atoms with Crippen molar-refractivity contribution in [2.75, 3.05) is 0 Å². The summed E-state index contributed by atoms with van der Waals surface area (Å²) in [4.78, 5) is 0. The summed E-state index contributed by atoms with van der Waals surface area (Å²) >= 11 is 0. The number of aryl methyl sites for hydroxylation is 3. The molecular weight excluding hydrogens is 146 g/mol. The molecule has 1 nitrogen and oxygen atoms in total. The second kappa shape index (κ2) is 2.37. The highest BCUT2D eigenvalue weighted by Crippen LogP contribution is 2.15. The molecule has 0 atom stereocenters. The van der Waals surface area contributed by atoms with E-state index >= 15 is 0 Å². The van der Waals surface area contributed by atoms with E-state index in [1.54, 1.807) is 0 Å². The molecule has 0 aliphatic rings. The highest BCUT2D eigenvalue weighted by Gasteiger charge is 1.99. The van der Waals surface area contributed by atoms with Gasteiger partial charge in [0.25, 0.3) is 0 Å². The van der Waals surface area contributed by atoms with Crippen molar-refractivity contribution in [2.45, 2.75) is 20.8 Å². The topological polar surface area (TPSA) is 4.41 Å². The van der Waals surface area contributed by atoms with Gasteiger partial charge in [0.1, 0.15) is 0 Å². The monoisotopic (exact) mass is 159 g/mol. The van der Waals surface area contributed by atoms with E-state index in [9.17, 15) is 0 Å². The molecular formula is C11H13N. The van der Waals surface area contributed by atoms with Crippen molar-refractivity contribution in [2.24, 2.45) is 0 Å². The van der Waals surface area contributed by atoms with Crippen LogP contribution in [0.4, 0.5) is 0 Å². The summed E-state index contributed by atoms with van der Waals surface area (Å²) in [5.41, 5.74) is 5.29. The Labute approximate surface area is 72.6 Å². The maximum atomic E-state index is 2.24. The molecule has 0 bridgehead atoms. The lowest BCUT2D eigenvalue weighted by Crippen LogP contribution is -1.90. The number of hydrogen-bond donors (Lipinski definition) is 0. The van der Waals surface area contributed by atoms with Crippen LogP contribution >= 0.6 is 0 Å². The highest BCUT2D eigenvalue weighted by atomic mass is 14.9. The van der Waals surface area contributed by atoms with Crippen LogP contribution in [0.3, 0.4) is 0 Å². The molecule has 62 valence electrons. The third-order valence-electron chi connectivity index (χ3n) is 2.30. The molecule has 2 rings (SSSR count). The number of aromatic nitrogens is 1. The number of fused-ring (bicyclic) bond motifs is 1. The number of hydrogen-bond acceptors (Lipinski definition) is 0. The Balaban J connectivity index is 2.92. The molecule has 0 saturated carbocycles. The van der Waals surface area contributed by atoms with Gasteiger partial charge in [-0.2, -0.15) is 0 Å². The van der Waals surface area contributed by atoms with E-state index in [0.717, 1.165) is 0 Å². The zero-order chi connectivity index (χ0) is 8.72. The van der Waals surface area contributed by atoms with E-state index in [0.29, 0.717) is 0 Å². The summed E-state index contributed by atoms with van der Waals surface area (Å²) in [7, 11) is 0. The van der Waals surface area contributed by atoms with Gasteiger partial charge in [-0.25, -0.2) is 0 Å². The summed E-state index contributed by atoms with van der Waals surface area (Å²) in [6.07, 6.45) is 2.18. The van der Waals surface area contributed by atoms with E-state index < -0.39 is 0 Å². The summed E-state index contributed by atoms with van der Waals surface area (Å²) in [5, 5.41) is 0. The van der Waals surface area contributed by atoms with Crippen molar-refractivity contribution in [1.29, 1.82) is 0 Å². The van der Waals surface area contributed by atoms with Crippen molar-refractivity contribution in [3.8, 4) is 0 Å². The second-order valence-corrected chi connectivity index (χ2v) is 3.43. The Bertz CT molecular complexity index is 424. The maximum Gasteiger partial charge on any atom is 0.0482 e. The smallest absolute Gasteiger partial charge is 0.0482 e. The van der Waals surface area contributed by atoms with E-state index in [1.807, 2.05) is 0 Å². The lowest BCUT2D eigenvalue weighted by atomic mass is 10.2. The van der Waals surface area contributed by atoms with Gasteiger partial charge >= 0.3 is 0 Å². The van der Waals surface area contributed by atoms with Crippen molar-refractivity contribution < 1.29 is 0 Å². The fourth-order valence-electron chi connectivity index (χ4n) is 1.70. The van der Waals surface area contributed by atoms with Gasteiger partial charge in [0.15, 0.2) is 0 Å². The zero-order valence-corrected chi connectivity index (χ0v) is 7.76. The van der Waals surface area contributed by atoms with Crippen LogP contribution in [0.1, 0.15) is 16.8 Å². The standard InChI is InChI=1S/C11H13N/c1-8-6-9(2)11-5-4-10(3)12(11)7-8/h4-7H,1-3H3. The third kappa shape index (κ3) is 0.934.